The van der Waals surface area contributed by atoms with Crippen molar-refractivity contribution in [1.82, 2.24) is 5.32 Å². The van der Waals surface area contributed by atoms with Crippen molar-refractivity contribution >= 4 is 11.8 Å². The van der Waals surface area contributed by atoms with Crippen LogP contribution in [-0.2, 0) is 0 Å². The third-order valence-electron chi connectivity index (χ3n) is 3.34. The zero-order valence-electron chi connectivity index (χ0n) is 9.51. The summed E-state index contributed by atoms with van der Waals surface area (Å²) in [6.45, 7) is 0. The molecule has 0 aromatic heterocycles. The average molecular weight is 255 g/mol. The largest absolute Gasteiger partial charge is 0.307 e. The third-order valence-corrected chi connectivity index (χ3v) is 4.49. The summed E-state index contributed by atoms with van der Waals surface area (Å²) in [5, 5.41) is 3.53. The van der Waals surface area contributed by atoms with Crippen LogP contribution >= 0.6 is 11.8 Å². The molecule has 3 rings (SSSR count). The summed E-state index contributed by atoms with van der Waals surface area (Å²) in [5.74, 6) is -0.474. The van der Waals surface area contributed by atoms with Crippen LogP contribution in [0.5, 0.6) is 0 Å². The van der Waals surface area contributed by atoms with Crippen molar-refractivity contribution in [3.63, 3.8) is 0 Å². The molecule has 1 fully saturated rings. The highest BCUT2D eigenvalue weighted by Gasteiger charge is 2.28. The highest BCUT2D eigenvalue weighted by atomic mass is 32.2. The van der Waals surface area contributed by atoms with Gasteiger partial charge in [0.25, 0.3) is 0 Å². The van der Waals surface area contributed by atoms with Crippen LogP contribution in [0.1, 0.15) is 37.3 Å². The van der Waals surface area contributed by atoms with Crippen LogP contribution in [0.4, 0.5) is 8.78 Å². The van der Waals surface area contributed by atoms with Crippen molar-refractivity contribution in [3.05, 3.63) is 29.3 Å². The van der Waals surface area contributed by atoms with Crippen LogP contribution in [-0.4, -0.2) is 11.8 Å². The van der Waals surface area contributed by atoms with E-state index in [0.717, 1.165) is 29.1 Å². The molecule has 0 saturated heterocycles. The van der Waals surface area contributed by atoms with Gasteiger partial charge in [0.1, 0.15) is 0 Å². The molecule has 1 nitrogen and oxygen atoms in total. The van der Waals surface area contributed by atoms with Gasteiger partial charge in [-0.1, -0.05) is 0 Å². The lowest BCUT2D eigenvalue weighted by molar-refractivity contribution is 0.471. The van der Waals surface area contributed by atoms with Crippen molar-refractivity contribution in [2.45, 2.75) is 42.7 Å². The van der Waals surface area contributed by atoms with Gasteiger partial charge in [0, 0.05) is 17.0 Å². The van der Waals surface area contributed by atoms with E-state index in [1.54, 1.807) is 11.8 Å². The van der Waals surface area contributed by atoms with Crippen LogP contribution in [0.15, 0.2) is 17.0 Å². The Kier molecular flexibility index (Phi) is 3.09. The first-order valence-electron chi connectivity index (χ1n) is 6.12. The zero-order valence-corrected chi connectivity index (χ0v) is 10.3. The maximum atomic E-state index is 13.4. The van der Waals surface area contributed by atoms with E-state index in [1.165, 1.54) is 25.0 Å². The molecule has 0 spiro atoms. The third kappa shape index (κ3) is 2.47. The topological polar surface area (TPSA) is 12.0 Å². The SMILES string of the molecule is Fc1cc2c(cc1F)C(NC1CC1)CCCS2. The molecule has 4 heteroatoms. The molecule has 1 atom stereocenters. The van der Waals surface area contributed by atoms with Gasteiger partial charge < -0.3 is 5.32 Å². The number of hydrogen-bond donors (Lipinski definition) is 1. The van der Waals surface area contributed by atoms with E-state index in [4.69, 9.17) is 0 Å². The predicted molar refractivity (Wildman–Crippen MR) is 65.2 cm³/mol. The van der Waals surface area contributed by atoms with E-state index in [9.17, 15) is 8.78 Å². The molecule has 1 aromatic rings. The summed E-state index contributed by atoms with van der Waals surface area (Å²) < 4.78 is 26.6. The maximum absolute atomic E-state index is 13.4. The second kappa shape index (κ2) is 4.58. The Bertz CT molecular complexity index is 432. The Labute approximate surface area is 104 Å². The van der Waals surface area contributed by atoms with Gasteiger partial charge in [0.15, 0.2) is 11.6 Å². The van der Waals surface area contributed by atoms with E-state index < -0.39 is 11.6 Å². The highest BCUT2D eigenvalue weighted by Crippen LogP contribution is 2.37. The van der Waals surface area contributed by atoms with Crippen molar-refractivity contribution in [3.8, 4) is 0 Å². The van der Waals surface area contributed by atoms with Gasteiger partial charge in [-0.2, -0.15) is 0 Å². The molecule has 0 radical (unpaired) electrons. The second-order valence-electron chi connectivity index (χ2n) is 4.79. The van der Waals surface area contributed by atoms with Crippen LogP contribution in [0.2, 0.25) is 0 Å². The molecule has 1 unspecified atom stereocenters. The van der Waals surface area contributed by atoms with Gasteiger partial charge in [0.2, 0.25) is 0 Å². The number of nitrogens with one attached hydrogen (secondary N) is 1. The Balaban J connectivity index is 1.94. The molecule has 92 valence electrons. The molecular weight excluding hydrogens is 240 g/mol. The highest BCUT2D eigenvalue weighted by molar-refractivity contribution is 7.99. The van der Waals surface area contributed by atoms with Gasteiger partial charge in [0.05, 0.1) is 0 Å². The minimum atomic E-state index is -0.733. The van der Waals surface area contributed by atoms with Gasteiger partial charge >= 0.3 is 0 Å². The lowest BCUT2D eigenvalue weighted by atomic mass is 10.0. The lowest BCUT2D eigenvalue weighted by Gasteiger charge is -2.19. The molecule has 1 saturated carbocycles. The van der Waals surface area contributed by atoms with E-state index in [-0.39, 0.29) is 6.04 Å². The lowest BCUT2D eigenvalue weighted by Crippen LogP contribution is -2.23. The maximum Gasteiger partial charge on any atom is 0.159 e. The quantitative estimate of drug-likeness (QED) is 0.865. The fraction of sp³-hybridized carbons (Fsp3) is 0.538. The van der Waals surface area contributed by atoms with Gasteiger partial charge in [-0.05, 0) is 49.1 Å². The molecule has 1 heterocycles. The molecular formula is C13H15F2NS. The fourth-order valence-corrected chi connectivity index (χ4v) is 3.36. The zero-order chi connectivity index (χ0) is 11.8. The van der Waals surface area contributed by atoms with Crippen molar-refractivity contribution < 1.29 is 8.78 Å². The summed E-state index contributed by atoms with van der Waals surface area (Å²) in [6, 6.07) is 3.51. The Morgan fingerprint density at radius 2 is 1.88 bits per heavy atom. The van der Waals surface area contributed by atoms with Crippen LogP contribution in [0.25, 0.3) is 0 Å². The second-order valence-corrected chi connectivity index (χ2v) is 5.93. The minimum absolute atomic E-state index is 0.197. The number of thioether (sulfide) groups is 1. The van der Waals surface area contributed by atoms with Gasteiger partial charge in [-0.15, -0.1) is 11.8 Å². The van der Waals surface area contributed by atoms with E-state index in [0.29, 0.717) is 6.04 Å². The normalized spacial score (nSPS) is 24.2. The van der Waals surface area contributed by atoms with E-state index >= 15 is 0 Å². The number of rotatable bonds is 2. The van der Waals surface area contributed by atoms with E-state index in [2.05, 4.69) is 5.32 Å². The number of fused-ring (bicyclic) bond motifs is 1. The van der Waals surface area contributed by atoms with Gasteiger partial charge in [-0.3, -0.25) is 0 Å². The number of hydrogen-bond acceptors (Lipinski definition) is 2. The molecule has 1 aromatic carbocycles. The Morgan fingerprint density at radius 1 is 1.12 bits per heavy atom. The summed E-state index contributed by atoms with van der Waals surface area (Å²) in [7, 11) is 0. The number of benzene rings is 1. The van der Waals surface area contributed by atoms with Gasteiger partial charge in [-0.25, -0.2) is 8.78 Å². The molecule has 1 N–H and O–H groups in total. The molecule has 2 aliphatic rings. The Morgan fingerprint density at radius 3 is 2.65 bits per heavy atom. The first-order valence-corrected chi connectivity index (χ1v) is 7.10. The first kappa shape index (κ1) is 11.5. The molecule has 0 amide bonds. The molecule has 0 bridgehead atoms. The smallest absolute Gasteiger partial charge is 0.159 e. The predicted octanol–water partition coefficient (Wildman–Crippen LogP) is 3.64. The van der Waals surface area contributed by atoms with Crippen molar-refractivity contribution in [1.29, 1.82) is 0 Å². The minimum Gasteiger partial charge on any atom is -0.307 e. The average Bonchev–Trinajstić information content (AvgIpc) is 3.11. The van der Waals surface area contributed by atoms with Crippen LogP contribution in [0.3, 0.4) is 0 Å². The molecule has 1 aliphatic carbocycles. The standard InChI is InChI=1S/C13H15F2NS/c14-10-6-9-12(16-8-3-4-8)2-1-5-17-13(9)7-11(10)15/h6-8,12,16H,1-5H2. The van der Waals surface area contributed by atoms with Crippen molar-refractivity contribution in [2.75, 3.05) is 5.75 Å². The fourth-order valence-electron chi connectivity index (χ4n) is 2.27. The Hall–Kier alpha value is -0.610. The molecule has 17 heavy (non-hydrogen) atoms. The number of halogens is 2. The summed E-state index contributed by atoms with van der Waals surface area (Å²) in [5.41, 5.74) is 0.943. The monoisotopic (exact) mass is 255 g/mol. The summed E-state index contributed by atoms with van der Waals surface area (Å²) in [4.78, 5) is 0.902. The van der Waals surface area contributed by atoms with E-state index in [1.807, 2.05) is 0 Å². The van der Waals surface area contributed by atoms with Crippen molar-refractivity contribution in [2.24, 2.45) is 0 Å². The van der Waals surface area contributed by atoms with Crippen LogP contribution in [0, 0.1) is 11.6 Å². The molecule has 1 aliphatic heterocycles. The first-order chi connectivity index (χ1) is 8.24. The summed E-state index contributed by atoms with van der Waals surface area (Å²) >= 11 is 1.64. The van der Waals surface area contributed by atoms with Crippen LogP contribution < -0.4 is 5.32 Å². The summed E-state index contributed by atoms with van der Waals surface area (Å²) in [6.07, 6.45) is 4.53.